The van der Waals surface area contributed by atoms with Crippen LogP contribution in [0.5, 0.6) is 0 Å². The van der Waals surface area contributed by atoms with Crippen LogP contribution < -0.4 is 10.6 Å². The molecule has 2 heterocycles. The Morgan fingerprint density at radius 2 is 1.81 bits per heavy atom. The minimum absolute atomic E-state index is 0.00378. The van der Waals surface area contributed by atoms with Crippen molar-refractivity contribution in [3.8, 4) is 0 Å². The number of nitrogens with one attached hydrogen (secondary N) is 2. The fraction of sp³-hybridized carbons (Fsp3) is 0.304. The van der Waals surface area contributed by atoms with E-state index in [2.05, 4.69) is 15.6 Å². The standard InChI is InChI=1S/C23H24N4O3S/c28-23(26-19-4-1-18-15-25-8-7-17(18)13-19)22-14-21(22)16-2-5-20(6-3-16)31(29,30)27-11-9-24-10-12-27/h1-8,13,15,21-22,24H,9-12,14H2,(H,26,28)/t21?,22-/m1/s1. The first-order chi connectivity index (χ1) is 15.0. The van der Waals surface area contributed by atoms with Gasteiger partial charge in [0.25, 0.3) is 0 Å². The van der Waals surface area contributed by atoms with Crippen LogP contribution in [0.4, 0.5) is 5.69 Å². The van der Waals surface area contributed by atoms with Crippen LogP contribution >= 0.6 is 0 Å². The normalized spacial score (nSPS) is 21.7. The molecule has 2 N–H and O–H groups in total. The van der Waals surface area contributed by atoms with Gasteiger partial charge in [0.15, 0.2) is 0 Å². The fourth-order valence-electron chi connectivity index (χ4n) is 4.17. The van der Waals surface area contributed by atoms with E-state index in [9.17, 15) is 13.2 Å². The van der Waals surface area contributed by atoms with Crippen LogP contribution in [-0.4, -0.2) is 49.8 Å². The van der Waals surface area contributed by atoms with Crippen LogP contribution in [0, 0.1) is 5.92 Å². The van der Waals surface area contributed by atoms with Crippen molar-refractivity contribution in [1.82, 2.24) is 14.6 Å². The second-order valence-electron chi connectivity index (χ2n) is 8.10. The van der Waals surface area contributed by atoms with Gasteiger partial charge in [0, 0.05) is 55.6 Å². The van der Waals surface area contributed by atoms with Crippen LogP contribution in [0.3, 0.4) is 0 Å². The van der Waals surface area contributed by atoms with Crippen molar-refractivity contribution in [2.75, 3.05) is 31.5 Å². The van der Waals surface area contributed by atoms with Crippen molar-refractivity contribution < 1.29 is 13.2 Å². The lowest BCUT2D eigenvalue weighted by atomic mass is 10.1. The number of pyridine rings is 1. The monoisotopic (exact) mass is 436 g/mol. The molecule has 0 bridgehead atoms. The summed E-state index contributed by atoms with van der Waals surface area (Å²) in [4.78, 5) is 17.1. The summed E-state index contributed by atoms with van der Waals surface area (Å²) in [5.41, 5.74) is 1.77. The van der Waals surface area contributed by atoms with Crippen molar-refractivity contribution in [2.24, 2.45) is 5.92 Å². The topological polar surface area (TPSA) is 91.4 Å². The molecule has 31 heavy (non-hydrogen) atoms. The molecule has 2 fully saturated rings. The molecular formula is C23H24N4O3S. The number of nitrogens with zero attached hydrogens (tertiary/aromatic N) is 2. The number of benzene rings is 2. The van der Waals surface area contributed by atoms with Crippen molar-refractivity contribution in [2.45, 2.75) is 17.2 Å². The fourth-order valence-corrected chi connectivity index (χ4v) is 5.61. The number of carbonyl (C=O) groups is 1. The van der Waals surface area contributed by atoms with E-state index < -0.39 is 10.0 Å². The average Bonchev–Trinajstić information content (AvgIpc) is 3.61. The van der Waals surface area contributed by atoms with Crippen molar-refractivity contribution in [1.29, 1.82) is 0 Å². The molecule has 2 atom stereocenters. The van der Waals surface area contributed by atoms with Gasteiger partial charge in [-0.3, -0.25) is 9.78 Å². The molecule has 1 aliphatic carbocycles. The molecule has 1 aliphatic heterocycles. The number of sulfonamides is 1. The lowest BCUT2D eigenvalue weighted by Gasteiger charge is -2.26. The zero-order chi connectivity index (χ0) is 21.4. The summed E-state index contributed by atoms with van der Waals surface area (Å²) in [6, 6.07) is 14.7. The van der Waals surface area contributed by atoms with E-state index in [0.717, 1.165) is 28.4 Å². The van der Waals surface area contributed by atoms with E-state index in [1.54, 1.807) is 24.5 Å². The number of carbonyl (C=O) groups excluding carboxylic acids is 1. The van der Waals surface area contributed by atoms with E-state index in [1.807, 2.05) is 36.4 Å². The number of fused-ring (bicyclic) bond motifs is 1. The summed E-state index contributed by atoms with van der Waals surface area (Å²) in [6.07, 6.45) is 4.30. The van der Waals surface area contributed by atoms with E-state index in [4.69, 9.17) is 0 Å². The molecule has 7 nitrogen and oxygen atoms in total. The highest BCUT2D eigenvalue weighted by Gasteiger charge is 2.44. The van der Waals surface area contributed by atoms with Gasteiger partial charge in [-0.2, -0.15) is 4.31 Å². The SMILES string of the molecule is O=C(Nc1ccc2cnccc2c1)[C@@H]1CC1c1ccc(S(=O)(=O)N2CCNCC2)cc1. The molecule has 8 heteroatoms. The largest absolute Gasteiger partial charge is 0.326 e. The molecule has 2 aromatic carbocycles. The van der Waals surface area contributed by atoms with Crippen molar-refractivity contribution in [3.63, 3.8) is 0 Å². The number of rotatable bonds is 5. The Balaban J connectivity index is 1.24. The number of hydrogen-bond acceptors (Lipinski definition) is 5. The molecule has 0 radical (unpaired) electrons. The van der Waals surface area contributed by atoms with Gasteiger partial charge in [0.2, 0.25) is 15.9 Å². The van der Waals surface area contributed by atoms with Gasteiger partial charge in [-0.25, -0.2) is 8.42 Å². The summed E-state index contributed by atoms with van der Waals surface area (Å²) in [7, 11) is -3.46. The maximum atomic E-state index is 12.8. The summed E-state index contributed by atoms with van der Waals surface area (Å²) < 4.78 is 27.1. The van der Waals surface area contributed by atoms with E-state index in [-0.39, 0.29) is 17.7 Å². The first kappa shape index (κ1) is 20.1. The second kappa shape index (κ2) is 8.03. The lowest BCUT2D eigenvalue weighted by molar-refractivity contribution is -0.117. The van der Waals surface area contributed by atoms with E-state index in [0.29, 0.717) is 31.1 Å². The third-order valence-electron chi connectivity index (χ3n) is 6.06. The molecule has 0 spiro atoms. The zero-order valence-corrected chi connectivity index (χ0v) is 17.8. The van der Waals surface area contributed by atoms with E-state index in [1.165, 1.54) is 4.31 Å². The summed E-state index contributed by atoms with van der Waals surface area (Å²) in [5, 5.41) is 8.23. The number of hydrogen-bond donors (Lipinski definition) is 2. The average molecular weight is 437 g/mol. The van der Waals surface area contributed by atoms with Crippen LogP contribution in [-0.2, 0) is 14.8 Å². The smallest absolute Gasteiger partial charge is 0.243 e. The number of piperazine rings is 1. The molecule has 1 unspecified atom stereocenters. The molecular weight excluding hydrogens is 412 g/mol. The van der Waals surface area contributed by atoms with Gasteiger partial charge in [-0.05, 0) is 53.6 Å². The Morgan fingerprint density at radius 3 is 2.58 bits per heavy atom. The molecule has 3 aromatic rings. The Kier molecular flexibility index (Phi) is 5.21. The number of aromatic nitrogens is 1. The highest BCUT2D eigenvalue weighted by Crippen LogP contribution is 2.48. The summed E-state index contributed by atoms with van der Waals surface area (Å²) in [5.74, 6) is 0.0280. The number of amides is 1. The third-order valence-corrected chi connectivity index (χ3v) is 7.97. The Labute approximate surface area is 181 Å². The molecule has 5 rings (SSSR count). The molecule has 160 valence electrons. The molecule has 1 aromatic heterocycles. The highest BCUT2D eigenvalue weighted by atomic mass is 32.2. The van der Waals surface area contributed by atoms with Gasteiger partial charge in [0.05, 0.1) is 4.90 Å². The van der Waals surface area contributed by atoms with Gasteiger partial charge >= 0.3 is 0 Å². The van der Waals surface area contributed by atoms with Crippen LogP contribution in [0.15, 0.2) is 65.8 Å². The Hall–Kier alpha value is -2.81. The van der Waals surface area contributed by atoms with Gasteiger partial charge in [0.1, 0.15) is 0 Å². The Bertz CT molecular complexity index is 1220. The highest BCUT2D eigenvalue weighted by molar-refractivity contribution is 7.89. The van der Waals surface area contributed by atoms with Gasteiger partial charge < -0.3 is 10.6 Å². The van der Waals surface area contributed by atoms with Crippen LogP contribution in [0.25, 0.3) is 10.8 Å². The van der Waals surface area contributed by atoms with Crippen LogP contribution in [0.1, 0.15) is 17.9 Å². The maximum Gasteiger partial charge on any atom is 0.243 e. The molecule has 2 aliphatic rings. The van der Waals surface area contributed by atoms with Gasteiger partial charge in [-0.15, -0.1) is 0 Å². The van der Waals surface area contributed by atoms with Crippen LogP contribution in [0.2, 0.25) is 0 Å². The number of anilines is 1. The molecule has 1 saturated heterocycles. The van der Waals surface area contributed by atoms with Crippen molar-refractivity contribution in [3.05, 3.63) is 66.5 Å². The molecule has 1 saturated carbocycles. The third kappa shape index (κ3) is 4.06. The maximum absolute atomic E-state index is 12.8. The predicted molar refractivity (Wildman–Crippen MR) is 119 cm³/mol. The van der Waals surface area contributed by atoms with Crippen molar-refractivity contribution >= 4 is 32.4 Å². The minimum atomic E-state index is -3.46. The first-order valence-electron chi connectivity index (χ1n) is 10.5. The molecule has 1 amide bonds. The van der Waals surface area contributed by atoms with Gasteiger partial charge in [-0.1, -0.05) is 18.2 Å². The minimum Gasteiger partial charge on any atom is -0.326 e. The van der Waals surface area contributed by atoms with E-state index >= 15 is 0 Å². The quantitative estimate of drug-likeness (QED) is 0.642. The summed E-state index contributed by atoms with van der Waals surface area (Å²) in [6.45, 7) is 2.31. The second-order valence-corrected chi connectivity index (χ2v) is 10.0. The Morgan fingerprint density at radius 1 is 1.03 bits per heavy atom. The first-order valence-corrected chi connectivity index (χ1v) is 11.9. The predicted octanol–water partition coefficient (Wildman–Crippen LogP) is 2.57. The summed E-state index contributed by atoms with van der Waals surface area (Å²) >= 11 is 0. The lowest BCUT2D eigenvalue weighted by Crippen LogP contribution is -2.46. The zero-order valence-electron chi connectivity index (χ0n) is 17.0.